The maximum Gasteiger partial charge on any atom is 0.338 e. The van der Waals surface area contributed by atoms with Crippen molar-refractivity contribution in [3.63, 3.8) is 0 Å². The lowest BCUT2D eigenvalue weighted by Crippen LogP contribution is -2.09. The average Bonchev–Trinajstić information content (AvgIpc) is 2.54. The van der Waals surface area contributed by atoms with Crippen molar-refractivity contribution in [2.24, 2.45) is 0 Å². The van der Waals surface area contributed by atoms with Gasteiger partial charge in [0.2, 0.25) is 0 Å². The summed E-state index contributed by atoms with van der Waals surface area (Å²) in [6.07, 6.45) is 0. The highest BCUT2D eigenvalue weighted by Crippen LogP contribution is 2.27. The minimum absolute atomic E-state index is 0.157. The van der Waals surface area contributed by atoms with Crippen molar-refractivity contribution >= 4 is 11.8 Å². The normalized spacial score (nSPS) is 9.91. The van der Waals surface area contributed by atoms with E-state index in [0.717, 1.165) is 0 Å². The van der Waals surface area contributed by atoms with Crippen LogP contribution < -0.4 is 9.47 Å². The van der Waals surface area contributed by atoms with Crippen molar-refractivity contribution in [3.8, 4) is 11.5 Å². The summed E-state index contributed by atoms with van der Waals surface area (Å²) in [5.41, 5.74) is 1.26. The van der Waals surface area contributed by atoms with E-state index in [1.54, 1.807) is 43.3 Å². The minimum atomic E-state index is -0.524. The molecule has 0 fully saturated rings. The van der Waals surface area contributed by atoms with Crippen molar-refractivity contribution in [1.82, 2.24) is 0 Å². The van der Waals surface area contributed by atoms with Crippen LogP contribution >= 0.6 is 0 Å². The molecule has 0 amide bonds. The maximum absolute atomic E-state index is 12.5. The van der Waals surface area contributed by atoms with E-state index in [4.69, 9.17) is 9.47 Å². The summed E-state index contributed by atoms with van der Waals surface area (Å²) in [5.74, 6) is -0.0326. The van der Waals surface area contributed by atoms with Crippen LogP contribution in [0.15, 0.2) is 60.7 Å². The van der Waals surface area contributed by atoms with Crippen LogP contribution in [0, 0.1) is 0 Å². The molecule has 2 aromatic carbocycles. The van der Waals surface area contributed by atoms with Crippen LogP contribution in [0.1, 0.15) is 22.8 Å². The molecule has 0 N–H and O–H groups in total. The fraction of sp³-hybridized carbons (Fsp3) is 0.111. The zero-order valence-electron chi connectivity index (χ0n) is 12.5. The number of carbonyl (C=O) groups is 2. The summed E-state index contributed by atoms with van der Waals surface area (Å²) in [6, 6.07) is 13.5. The van der Waals surface area contributed by atoms with Gasteiger partial charge in [-0.2, -0.15) is 0 Å². The van der Waals surface area contributed by atoms with Gasteiger partial charge in [0.25, 0.3) is 0 Å². The number of hydrogen-bond donors (Lipinski definition) is 0. The van der Waals surface area contributed by atoms with Crippen LogP contribution in [0.3, 0.4) is 0 Å². The highest BCUT2D eigenvalue weighted by Gasteiger charge is 2.16. The SMILES string of the molecule is C=C(C)C(=O)Oc1ccc(C(=O)c2ccccc2)c(OC)c1. The van der Waals surface area contributed by atoms with Crippen molar-refractivity contribution in [2.75, 3.05) is 7.11 Å². The van der Waals surface area contributed by atoms with Crippen LogP contribution in [0.4, 0.5) is 0 Å². The Morgan fingerprint density at radius 1 is 1.05 bits per heavy atom. The highest BCUT2D eigenvalue weighted by molar-refractivity contribution is 6.10. The fourth-order valence-electron chi connectivity index (χ4n) is 1.86. The van der Waals surface area contributed by atoms with Gasteiger partial charge in [-0.1, -0.05) is 36.9 Å². The third-order valence-corrected chi connectivity index (χ3v) is 3.01. The lowest BCUT2D eigenvalue weighted by Gasteiger charge is -2.10. The summed E-state index contributed by atoms with van der Waals surface area (Å²) in [4.78, 5) is 24.0. The number of hydrogen-bond acceptors (Lipinski definition) is 4. The molecule has 0 bridgehead atoms. The predicted octanol–water partition coefficient (Wildman–Crippen LogP) is 3.41. The van der Waals surface area contributed by atoms with Crippen LogP contribution in [0.2, 0.25) is 0 Å². The molecule has 4 nitrogen and oxygen atoms in total. The number of ether oxygens (including phenoxy) is 2. The second kappa shape index (κ2) is 6.72. The summed E-state index contributed by atoms with van der Waals surface area (Å²) >= 11 is 0. The summed E-state index contributed by atoms with van der Waals surface area (Å²) < 4.78 is 10.4. The Bertz CT molecular complexity index is 717. The Balaban J connectivity index is 2.32. The van der Waals surface area contributed by atoms with E-state index in [2.05, 4.69) is 6.58 Å². The number of esters is 1. The number of rotatable bonds is 5. The molecule has 0 spiro atoms. The molecule has 0 aromatic heterocycles. The van der Waals surface area contributed by atoms with E-state index in [9.17, 15) is 9.59 Å². The number of methoxy groups -OCH3 is 1. The molecule has 0 heterocycles. The Kier molecular flexibility index (Phi) is 4.73. The van der Waals surface area contributed by atoms with Crippen LogP contribution in [0.5, 0.6) is 11.5 Å². The van der Waals surface area contributed by atoms with Gasteiger partial charge in [0.15, 0.2) is 5.78 Å². The summed E-state index contributed by atoms with van der Waals surface area (Å²) in [6.45, 7) is 5.08. The molecule has 0 aliphatic rings. The standard InChI is InChI=1S/C18H16O4/c1-12(2)18(20)22-14-9-10-15(16(11-14)21-3)17(19)13-7-5-4-6-8-13/h4-11H,1H2,2-3H3. The van der Waals surface area contributed by atoms with Crippen LogP contribution in [-0.2, 0) is 4.79 Å². The predicted molar refractivity (Wildman–Crippen MR) is 83.3 cm³/mol. The summed E-state index contributed by atoms with van der Waals surface area (Å²) in [5, 5.41) is 0. The van der Waals surface area contributed by atoms with E-state index in [0.29, 0.717) is 28.2 Å². The molecular weight excluding hydrogens is 280 g/mol. The fourth-order valence-corrected chi connectivity index (χ4v) is 1.86. The quantitative estimate of drug-likeness (QED) is 0.367. The molecule has 22 heavy (non-hydrogen) atoms. The van der Waals surface area contributed by atoms with E-state index >= 15 is 0 Å². The van der Waals surface area contributed by atoms with Gasteiger partial charge in [0.05, 0.1) is 12.7 Å². The molecule has 0 aliphatic carbocycles. The first-order chi connectivity index (χ1) is 10.5. The van der Waals surface area contributed by atoms with Crippen molar-refractivity contribution < 1.29 is 19.1 Å². The van der Waals surface area contributed by atoms with E-state index in [1.165, 1.54) is 13.2 Å². The van der Waals surface area contributed by atoms with E-state index < -0.39 is 5.97 Å². The van der Waals surface area contributed by atoms with E-state index in [1.807, 2.05) is 6.07 Å². The second-order valence-electron chi connectivity index (χ2n) is 4.73. The molecule has 2 aromatic rings. The third kappa shape index (κ3) is 3.41. The Morgan fingerprint density at radius 2 is 1.73 bits per heavy atom. The maximum atomic E-state index is 12.5. The Labute approximate surface area is 129 Å². The monoisotopic (exact) mass is 296 g/mol. The molecule has 4 heteroatoms. The molecule has 2 rings (SSSR count). The first-order valence-electron chi connectivity index (χ1n) is 6.68. The van der Waals surface area contributed by atoms with E-state index in [-0.39, 0.29) is 5.78 Å². The van der Waals surface area contributed by atoms with Gasteiger partial charge in [-0.25, -0.2) is 4.79 Å². The molecular formula is C18H16O4. The third-order valence-electron chi connectivity index (χ3n) is 3.01. The molecule has 0 saturated heterocycles. The van der Waals surface area contributed by atoms with Crippen LogP contribution in [0.25, 0.3) is 0 Å². The minimum Gasteiger partial charge on any atom is -0.496 e. The van der Waals surface area contributed by atoms with Gasteiger partial charge in [0, 0.05) is 17.2 Å². The smallest absolute Gasteiger partial charge is 0.338 e. The van der Waals surface area contributed by atoms with Gasteiger partial charge in [-0.3, -0.25) is 4.79 Å². The lowest BCUT2D eigenvalue weighted by atomic mass is 10.0. The first-order valence-corrected chi connectivity index (χ1v) is 6.68. The van der Waals surface area contributed by atoms with Gasteiger partial charge in [-0.15, -0.1) is 0 Å². The molecule has 112 valence electrons. The highest BCUT2D eigenvalue weighted by atomic mass is 16.5. The second-order valence-corrected chi connectivity index (χ2v) is 4.73. The average molecular weight is 296 g/mol. The Morgan fingerprint density at radius 3 is 2.32 bits per heavy atom. The Hall–Kier alpha value is -2.88. The number of benzene rings is 2. The molecule has 0 saturated carbocycles. The molecule has 0 aliphatic heterocycles. The van der Waals surface area contributed by atoms with Gasteiger partial charge in [0.1, 0.15) is 11.5 Å². The summed E-state index contributed by atoms with van der Waals surface area (Å²) in [7, 11) is 1.46. The van der Waals surface area contributed by atoms with Crippen LogP contribution in [-0.4, -0.2) is 18.9 Å². The lowest BCUT2D eigenvalue weighted by molar-refractivity contribution is -0.130. The number of ketones is 1. The largest absolute Gasteiger partial charge is 0.496 e. The molecule has 0 radical (unpaired) electrons. The zero-order valence-corrected chi connectivity index (χ0v) is 12.5. The van der Waals surface area contributed by atoms with Crippen molar-refractivity contribution in [3.05, 3.63) is 71.8 Å². The molecule has 0 unspecified atom stereocenters. The first kappa shape index (κ1) is 15.5. The van der Waals surface area contributed by atoms with Gasteiger partial charge < -0.3 is 9.47 Å². The van der Waals surface area contributed by atoms with Crippen molar-refractivity contribution in [2.45, 2.75) is 6.92 Å². The number of carbonyl (C=O) groups excluding carboxylic acids is 2. The zero-order chi connectivity index (χ0) is 16.1. The van der Waals surface area contributed by atoms with Gasteiger partial charge >= 0.3 is 5.97 Å². The molecule has 0 atom stereocenters. The van der Waals surface area contributed by atoms with Gasteiger partial charge in [-0.05, 0) is 19.1 Å². The van der Waals surface area contributed by atoms with Crippen molar-refractivity contribution in [1.29, 1.82) is 0 Å². The topological polar surface area (TPSA) is 52.6 Å².